The number of esters is 1. The standard InChI is InChI=1S/C14H12Cl2N2O2/c1-2-20-14(19)9-3-6-13(17-8-9)18-10-4-5-11(15)12(16)7-10/h3-8H,2H2,1H3,(H,17,18). The van der Waals surface area contributed by atoms with Crippen LogP contribution in [0.1, 0.15) is 17.3 Å². The minimum Gasteiger partial charge on any atom is -0.462 e. The highest BCUT2D eigenvalue weighted by molar-refractivity contribution is 6.42. The van der Waals surface area contributed by atoms with Crippen LogP contribution in [0, 0.1) is 0 Å². The number of benzene rings is 1. The summed E-state index contributed by atoms with van der Waals surface area (Å²) in [4.78, 5) is 15.6. The first-order valence-electron chi connectivity index (χ1n) is 5.95. The van der Waals surface area contributed by atoms with Gasteiger partial charge in [-0.15, -0.1) is 0 Å². The first kappa shape index (κ1) is 14.6. The summed E-state index contributed by atoms with van der Waals surface area (Å²) in [5.41, 5.74) is 1.17. The number of aromatic nitrogens is 1. The van der Waals surface area contributed by atoms with E-state index in [2.05, 4.69) is 10.3 Å². The van der Waals surface area contributed by atoms with Crippen molar-refractivity contribution in [3.05, 3.63) is 52.1 Å². The van der Waals surface area contributed by atoms with Crippen molar-refractivity contribution in [2.24, 2.45) is 0 Å². The third kappa shape index (κ3) is 3.62. The first-order chi connectivity index (χ1) is 9.60. The largest absolute Gasteiger partial charge is 0.462 e. The molecule has 1 heterocycles. The molecule has 0 aliphatic rings. The zero-order chi connectivity index (χ0) is 14.5. The second kappa shape index (κ2) is 6.59. The van der Waals surface area contributed by atoms with E-state index in [1.165, 1.54) is 6.20 Å². The van der Waals surface area contributed by atoms with Crippen LogP contribution < -0.4 is 5.32 Å². The molecule has 0 bridgehead atoms. The van der Waals surface area contributed by atoms with E-state index in [0.29, 0.717) is 28.0 Å². The van der Waals surface area contributed by atoms with Crippen molar-refractivity contribution in [3.63, 3.8) is 0 Å². The minimum absolute atomic E-state index is 0.335. The van der Waals surface area contributed by atoms with Crippen LogP contribution in [0.25, 0.3) is 0 Å². The van der Waals surface area contributed by atoms with E-state index in [1.54, 1.807) is 37.3 Å². The smallest absolute Gasteiger partial charge is 0.339 e. The van der Waals surface area contributed by atoms with Gasteiger partial charge in [-0.2, -0.15) is 0 Å². The molecule has 0 saturated carbocycles. The van der Waals surface area contributed by atoms with E-state index >= 15 is 0 Å². The number of nitrogens with zero attached hydrogens (tertiary/aromatic N) is 1. The molecule has 0 aliphatic heterocycles. The quantitative estimate of drug-likeness (QED) is 0.855. The summed E-state index contributed by atoms with van der Waals surface area (Å²) in [7, 11) is 0. The summed E-state index contributed by atoms with van der Waals surface area (Å²) in [5.74, 6) is 0.206. The van der Waals surface area contributed by atoms with E-state index in [0.717, 1.165) is 5.69 Å². The molecule has 0 spiro atoms. The number of anilines is 2. The molecule has 0 amide bonds. The van der Waals surface area contributed by atoms with Crippen molar-refractivity contribution in [2.75, 3.05) is 11.9 Å². The third-order valence-electron chi connectivity index (χ3n) is 2.47. The Labute approximate surface area is 126 Å². The maximum Gasteiger partial charge on any atom is 0.339 e. The molecule has 0 radical (unpaired) electrons. The molecule has 1 N–H and O–H groups in total. The fourth-order valence-electron chi connectivity index (χ4n) is 1.52. The summed E-state index contributed by atoms with van der Waals surface area (Å²) >= 11 is 11.8. The van der Waals surface area contributed by atoms with Crippen LogP contribution in [-0.4, -0.2) is 17.6 Å². The molecule has 0 aliphatic carbocycles. The van der Waals surface area contributed by atoms with Gasteiger partial charge >= 0.3 is 5.97 Å². The van der Waals surface area contributed by atoms with E-state index in [1.807, 2.05) is 0 Å². The molecule has 1 aromatic carbocycles. The summed E-state index contributed by atoms with van der Waals surface area (Å²) in [6.45, 7) is 2.09. The van der Waals surface area contributed by atoms with Crippen molar-refractivity contribution in [3.8, 4) is 0 Å². The number of rotatable bonds is 4. The van der Waals surface area contributed by atoms with Gasteiger partial charge in [-0.3, -0.25) is 0 Å². The number of nitrogens with one attached hydrogen (secondary N) is 1. The maximum atomic E-state index is 11.5. The van der Waals surface area contributed by atoms with Crippen molar-refractivity contribution in [1.29, 1.82) is 0 Å². The number of pyridine rings is 1. The van der Waals surface area contributed by atoms with E-state index < -0.39 is 0 Å². The Morgan fingerprint density at radius 3 is 2.65 bits per heavy atom. The van der Waals surface area contributed by atoms with Crippen molar-refractivity contribution < 1.29 is 9.53 Å². The minimum atomic E-state index is -0.388. The summed E-state index contributed by atoms with van der Waals surface area (Å²) in [6.07, 6.45) is 1.46. The highest BCUT2D eigenvalue weighted by Gasteiger charge is 2.07. The highest BCUT2D eigenvalue weighted by Crippen LogP contribution is 2.26. The molecule has 104 valence electrons. The molecule has 0 fully saturated rings. The van der Waals surface area contributed by atoms with Crippen molar-refractivity contribution in [1.82, 2.24) is 4.98 Å². The van der Waals surface area contributed by atoms with Gasteiger partial charge in [0.15, 0.2) is 0 Å². The van der Waals surface area contributed by atoms with E-state index in [4.69, 9.17) is 27.9 Å². The molecule has 0 atom stereocenters. The van der Waals surface area contributed by atoms with Gasteiger partial charge in [0, 0.05) is 11.9 Å². The normalized spacial score (nSPS) is 10.2. The molecule has 4 nitrogen and oxygen atoms in total. The molecular formula is C14H12Cl2N2O2. The van der Waals surface area contributed by atoms with Crippen LogP contribution in [0.3, 0.4) is 0 Å². The summed E-state index contributed by atoms with van der Waals surface area (Å²) in [6, 6.07) is 8.51. The average molecular weight is 311 g/mol. The lowest BCUT2D eigenvalue weighted by atomic mass is 10.2. The lowest BCUT2D eigenvalue weighted by Crippen LogP contribution is -2.05. The molecule has 1 aromatic heterocycles. The fourth-order valence-corrected chi connectivity index (χ4v) is 1.82. The number of hydrogen-bond acceptors (Lipinski definition) is 4. The Morgan fingerprint density at radius 2 is 2.05 bits per heavy atom. The zero-order valence-electron chi connectivity index (χ0n) is 10.7. The molecule has 0 unspecified atom stereocenters. The fraction of sp³-hybridized carbons (Fsp3) is 0.143. The van der Waals surface area contributed by atoms with E-state index in [9.17, 15) is 4.79 Å². The predicted octanol–water partition coefficient (Wildman–Crippen LogP) is 4.31. The molecule has 0 saturated heterocycles. The number of halogens is 2. The average Bonchev–Trinajstić information content (AvgIpc) is 2.44. The van der Waals surface area contributed by atoms with Crippen LogP contribution in [0.2, 0.25) is 10.0 Å². The summed E-state index contributed by atoms with van der Waals surface area (Å²) in [5, 5.41) is 4.01. The van der Waals surface area contributed by atoms with Gasteiger partial charge in [0.1, 0.15) is 5.82 Å². The van der Waals surface area contributed by atoms with Crippen LogP contribution in [0.4, 0.5) is 11.5 Å². The van der Waals surface area contributed by atoms with Gasteiger partial charge in [0.05, 0.1) is 22.2 Å². The first-order valence-corrected chi connectivity index (χ1v) is 6.71. The topological polar surface area (TPSA) is 51.2 Å². The van der Waals surface area contributed by atoms with Gasteiger partial charge in [0.25, 0.3) is 0 Å². The van der Waals surface area contributed by atoms with Gasteiger partial charge in [-0.05, 0) is 37.3 Å². The molecule has 2 aromatic rings. The highest BCUT2D eigenvalue weighted by atomic mass is 35.5. The molecule has 20 heavy (non-hydrogen) atoms. The number of hydrogen-bond donors (Lipinski definition) is 1. The van der Waals surface area contributed by atoms with Crippen LogP contribution in [0.15, 0.2) is 36.5 Å². The number of ether oxygens (including phenoxy) is 1. The monoisotopic (exact) mass is 310 g/mol. The second-order valence-corrected chi connectivity index (χ2v) is 4.72. The molecule has 2 rings (SSSR count). The van der Waals surface area contributed by atoms with Gasteiger partial charge in [-0.1, -0.05) is 23.2 Å². The van der Waals surface area contributed by atoms with Crippen LogP contribution in [-0.2, 0) is 4.74 Å². The van der Waals surface area contributed by atoms with E-state index in [-0.39, 0.29) is 5.97 Å². The lowest BCUT2D eigenvalue weighted by Gasteiger charge is -2.07. The molecule has 6 heteroatoms. The predicted molar refractivity (Wildman–Crippen MR) is 79.9 cm³/mol. The summed E-state index contributed by atoms with van der Waals surface area (Å²) < 4.78 is 4.88. The van der Waals surface area contributed by atoms with Crippen molar-refractivity contribution in [2.45, 2.75) is 6.92 Å². The number of carbonyl (C=O) groups is 1. The van der Waals surface area contributed by atoms with Gasteiger partial charge in [0.2, 0.25) is 0 Å². The third-order valence-corrected chi connectivity index (χ3v) is 3.21. The van der Waals surface area contributed by atoms with Crippen LogP contribution >= 0.6 is 23.2 Å². The number of carbonyl (C=O) groups excluding carboxylic acids is 1. The Balaban J connectivity index is 2.10. The Bertz CT molecular complexity index is 615. The van der Waals surface area contributed by atoms with Crippen molar-refractivity contribution >= 4 is 40.7 Å². The zero-order valence-corrected chi connectivity index (χ0v) is 12.2. The van der Waals surface area contributed by atoms with Gasteiger partial charge in [-0.25, -0.2) is 9.78 Å². The lowest BCUT2D eigenvalue weighted by molar-refractivity contribution is 0.0526. The maximum absolute atomic E-state index is 11.5. The Hall–Kier alpha value is -1.78. The van der Waals surface area contributed by atoms with Crippen LogP contribution in [0.5, 0.6) is 0 Å². The second-order valence-electron chi connectivity index (χ2n) is 3.91. The van der Waals surface area contributed by atoms with Gasteiger partial charge < -0.3 is 10.1 Å². The Kier molecular flexibility index (Phi) is 4.82. The molecular weight excluding hydrogens is 299 g/mol. The SMILES string of the molecule is CCOC(=O)c1ccc(Nc2ccc(Cl)c(Cl)c2)nc1. The Morgan fingerprint density at radius 1 is 1.25 bits per heavy atom.